The Morgan fingerprint density at radius 1 is 1.23 bits per heavy atom. The van der Waals surface area contributed by atoms with Gasteiger partial charge < -0.3 is 9.31 Å². The lowest BCUT2D eigenvalue weighted by molar-refractivity contribution is 0.00578. The maximum atomic E-state index is 9.06. The van der Waals surface area contributed by atoms with Crippen molar-refractivity contribution in [2.24, 2.45) is 7.05 Å². The average Bonchev–Trinajstić information content (AvgIpc) is 2.87. The van der Waals surface area contributed by atoms with Crippen LogP contribution in [0.4, 0.5) is 0 Å². The normalized spacial score (nSPS) is 19.5. The molecule has 1 aliphatic heterocycles. The van der Waals surface area contributed by atoms with E-state index in [0.717, 1.165) is 21.9 Å². The van der Waals surface area contributed by atoms with Crippen molar-refractivity contribution in [3.63, 3.8) is 0 Å². The number of benzene rings is 1. The Hall–Kier alpha value is -1.84. The number of aromatic nitrogens is 2. The zero-order chi connectivity index (χ0) is 16.1. The Bertz CT molecular complexity index is 758. The lowest BCUT2D eigenvalue weighted by atomic mass is 9.77. The van der Waals surface area contributed by atoms with Crippen molar-refractivity contribution < 1.29 is 9.31 Å². The number of fused-ring (bicyclic) bond motifs is 1. The van der Waals surface area contributed by atoms with Crippen molar-refractivity contribution in [2.75, 3.05) is 0 Å². The van der Waals surface area contributed by atoms with Gasteiger partial charge in [0.05, 0.1) is 29.2 Å². The molecule has 6 heteroatoms. The monoisotopic (exact) mass is 297 g/mol. The Balaban J connectivity index is 2.07. The minimum atomic E-state index is -0.424. The molecule has 0 aliphatic carbocycles. The molecule has 0 bridgehead atoms. The number of aryl methyl sites for hydroxylation is 1. The van der Waals surface area contributed by atoms with E-state index >= 15 is 0 Å². The maximum Gasteiger partial charge on any atom is 0.494 e. The summed E-state index contributed by atoms with van der Waals surface area (Å²) in [6.45, 7) is 8.13. The van der Waals surface area contributed by atoms with Crippen LogP contribution in [0.15, 0.2) is 18.3 Å². The van der Waals surface area contributed by atoms with Gasteiger partial charge in [-0.1, -0.05) is 12.1 Å². The molecule has 1 aromatic heterocycles. The highest BCUT2D eigenvalue weighted by Crippen LogP contribution is 2.36. The van der Waals surface area contributed by atoms with Crippen molar-refractivity contribution in [1.82, 2.24) is 9.78 Å². The lowest BCUT2D eigenvalue weighted by Gasteiger charge is -2.32. The van der Waals surface area contributed by atoms with E-state index in [1.165, 1.54) is 0 Å². The summed E-state index contributed by atoms with van der Waals surface area (Å²) in [5, 5.41) is 14.5. The molecule has 22 heavy (non-hydrogen) atoms. The Kier molecular flexibility index (Phi) is 3.31. The second-order valence-electron chi connectivity index (χ2n) is 6.84. The summed E-state index contributed by atoms with van der Waals surface area (Å²) in [6, 6.07) is 6.21. The fourth-order valence-corrected chi connectivity index (χ4v) is 2.69. The number of hydrogen-bond acceptors (Lipinski definition) is 4. The van der Waals surface area contributed by atoms with Gasteiger partial charge in [-0.15, -0.1) is 0 Å². The van der Waals surface area contributed by atoms with Crippen LogP contribution >= 0.6 is 0 Å². The Morgan fingerprint density at radius 2 is 1.86 bits per heavy atom. The molecule has 1 aromatic carbocycles. The van der Waals surface area contributed by atoms with Crippen LogP contribution in [0.2, 0.25) is 0 Å². The van der Waals surface area contributed by atoms with Crippen molar-refractivity contribution >= 4 is 23.5 Å². The molecule has 1 fully saturated rings. The van der Waals surface area contributed by atoms with E-state index in [9.17, 15) is 0 Å². The zero-order valence-corrected chi connectivity index (χ0v) is 13.7. The van der Waals surface area contributed by atoms with Gasteiger partial charge in [-0.25, -0.2) is 0 Å². The molecule has 0 N–H and O–H groups in total. The van der Waals surface area contributed by atoms with Gasteiger partial charge in [0.1, 0.15) is 0 Å². The van der Waals surface area contributed by atoms with Crippen LogP contribution in [0.3, 0.4) is 0 Å². The molecule has 2 aromatic rings. The minimum Gasteiger partial charge on any atom is -0.399 e. The molecule has 114 valence electrons. The number of rotatable bonds is 2. The fourth-order valence-electron chi connectivity index (χ4n) is 2.69. The SMILES string of the molecule is Cn1cc2cc(B3OC(C)(C)C(C)(C)O3)cc(CC#N)c2n1. The summed E-state index contributed by atoms with van der Waals surface area (Å²) >= 11 is 0. The van der Waals surface area contributed by atoms with Crippen LogP contribution in [0.1, 0.15) is 33.3 Å². The largest absolute Gasteiger partial charge is 0.494 e. The maximum absolute atomic E-state index is 9.06. The minimum absolute atomic E-state index is 0.320. The first-order chi connectivity index (χ1) is 10.2. The number of nitrogens with zero attached hydrogens (tertiary/aromatic N) is 3. The molecule has 0 unspecified atom stereocenters. The summed E-state index contributed by atoms with van der Waals surface area (Å²) in [6.07, 6.45) is 2.27. The second-order valence-corrected chi connectivity index (χ2v) is 6.84. The van der Waals surface area contributed by atoms with Crippen LogP contribution in [0.25, 0.3) is 10.9 Å². The van der Waals surface area contributed by atoms with E-state index in [-0.39, 0.29) is 11.2 Å². The van der Waals surface area contributed by atoms with Crippen LogP contribution in [-0.2, 0) is 22.8 Å². The van der Waals surface area contributed by atoms with Gasteiger partial charge in [0, 0.05) is 18.6 Å². The highest BCUT2D eigenvalue weighted by Gasteiger charge is 2.51. The van der Waals surface area contributed by atoms with Crippen LogP contribution in [-0.4, -0.2) is 28.1 Å². The molecule has 0 atom stereocenters. The first kappa shape index (κ1) is 15.1. The van der Waals surface area contributed by atoms with Gasteiger partial charge in [-0.2, -0.15) is 10.4 Å². The standard InChI is InChI=1S/C16H20BN3O2/c1-15(2)16(3,4)22-17(21-15)13-8-11(6-7-18)14-12(9-13)10-20(5)19-14/h8-10H,6H2,1-5H3. The van der Waals surface area contributed by atoms with Crippen molar-refractivity contribution in [3.05, 3.63) is 23.9 Å². The third-order valence-corrected chi connectivity index (χ3v) is 4.62. The molecule has 1 saturated heterocycles. The molecule has 0 saturated carbocycles. The molecular formula is C16H20BN3O2. The topological polar surface area (TPSA) is 60.1 Å². The van der Waals surface area contributed by atoms with Crippen LogP contribution in [0.5, 0.6) is 0 Å². The number of nitriles is 1. The van der Waals surface area contributed by atoms with Crippen LogP contribution < -0.4 is 5.46 Å². The third-order valence-electron chi connectivity index (χ3n) is 4.62. The van der Waals surface area contributed by atoms with E-state index < -0.39 is 7.12 Å². The molecule has 1 aliphatic rings. The number of hydrogen-bond donors (Lipinski definition) is 0. The van der Waals surface area contributed by atoms with Gasteiger partial charge in [0.25, 0.3) is 0 Å². The second kappa shape index (κ2) is 4.84. The summed E-state index contributed by atoms with van der Waals surface area (Å²) in [5.41, 5.74) is 1.95. The summed E-state index contributed by atoms with van der Waals surface area (Å²) in [7, 11) is 1.46. The summed E-state index contributed by atoms with van der Waals surface area (Å²) < 4.78 is 14.0. The van der Waals surface area contributed by atoms with E-state index in [1.54, 1.807) is 4.68 Å². The van der Waals surface area contributed by atoms with Gasteiger partial charge in [0.2, 0.25) is 0 Å². The predicted octanol–water partition coefficient (Wildman–Crippen LogP) is 1.94. The quantitative estimate of drug-likeness (QED) is 0.795. The molecule has 2 heterocycles. The van der Waals surface area contributed by atoms with Gasteiger partial charge in [-0.3, -0.25) is 4.68 Å². The first-order valence-electron chi connectivity index (χ1n) is 7.42. The summed E-state index contributed by atoms with van der Waals surface area (Å²) in [5.74, 6) is 0. The summed E-state index contributed by atoms with van der Waals surface area (Å²) in [4.78, 5) is 0. The van der Waals surface area contributed by atoms with Gasteiger partial charge in [0.15, 0.2) is 0 Å². The van der Waals surface area contributed by atoms with Crippen molar-refractivity contribution in [1.29, 1.82) is 5.26 Å². The van der Waals surface area contributed by atoms with Crippen LogP contribution in [0, 0.1) is 11.3 Å². The van der Waals surface area contributed by atoms with E-state index in [0.29, 0.717) is 6.42 Å². The highest BCUT2D eigenvalue weighted by molar-refractivity contribution is 6.62. The third kappa shape index (κ3) is 2.31. The molecule has 0 radical (unpaired) electrons. The van der Waals surface area contributed by atoms with E-state index in [4.69, 9.17) is 14.6 Å². The highest BCUT2D eigenvalue weighted by atomic mass is 16.7. The predicted molar refractivity (Wildman–Crippen MR) is 85.7 cm³/mol. The van der Waals surface area contributed by atoms with Crippen molar-refractivity contribution in [3.8, 4) is 6.07 Å². The van der Waals surface area contributed by atoms with E-state index in [2.05, 4.69) is 11.2 Å². The Labute approximate surface area is 131 Å². The first-order valence-corrected chi connectivity index (χ1v) is 7.42. The molecule has 5 nitrogen and oxygen atoms in total. The lowest BCUT2D eigenvalue weighted by Crippen LogP contribution is -2.41. The average molecular weight is 297 g/mol. The zero-order valence-electron chi connectivity index (χ0n) is 13.7. The molecule has 0 spiro atoms. The van der Waals surface area contributed by atoms with Gasteiger partial charge in [-0.05, 0) is 38.7 Å². The smallest absolute Gasteiger partial charge is 0.399 e. The van der Waals surface area contributed by atoms with E-state index in [1.807, 2.05) is 53.1 Å². The Morgan fingerprint density at radius 3 is 2.45 bits per heavy atom. The van der Waals surface area contributed by atoms with Gasteiger partial charge >= 0.3 is 7.12 Å². The molecule has 0 amide bonds. The molecular weight excluding hydrogens is 277 g/mol. The fraction of sp³-hybridized carbons (Fsp3) is 0.500. The molecule has 3 rings (SSSR count). The van der Waals surface area contributed by atoms with Crippen molar-refractivity contribution in [2.45, 2.75) is 45.3 Å².